The molecule has 0 aliphatic rings. The lowest BCUT2D eigenvalue weighted by atomic mass is 10.1. The van der Waals surface area contributed by atoms with E-state index < -0.39 is 0 Å². The molecule has 0 aromatic carbocycles. The van der Waals surface area contributed by atoms with Crippen molar-refractivity contribution in [3.63, 3.8) is 0 Å². The number of thiophene rings is 1. The van der Waals surface area contributed by atoms with Crippen LogP contribution in [-0.4, -0.2) is 21.0 Å². The molecule has 5 nitrogen and oxygen atoms in total. The number of nitrogens with one attached hydrogen (secondary N) is 1. The van der Waals surface area contributed by atoms with Crippen LogP contribution in [0.15, 0.2) is 11.4 Å². The predicted molar refractivity (Wildman–Crippen MR) is 79.4 cm³/mol. The third kappa shape index (κ3) is 3.89. The number of nitrogen functional groups attached to an aromatic ring is 1. The molecule has 0 spiro atoms. The van der Waals surface area contributed by atoms with E-state index in [1.807, 2.05) is 6.92 Å². The van der Waals surface area contributed by atoms with Crippen LogP contribution in [0.5, 0.6) is 0 Å². The highest BCUT2D eigenvalue weighted by molar-refractivity contribution is 7.10. The van der Waals surface area contributed by atoms with Crippen molar-refractivity contribution in [3.8, 4) is 0 Å². The second-order valence-corrected chi connectivity index (χ2v) is 5.77. The monoisotopic (exact) mass is 277 g/mol. The van der Waals surface area contributed by atoms with Crippen molar-refractivity contribution in [2.45, 2.75) is 39.7 Å². The quantitative estimate of drug-likeness (QED) is 0.878. The number of nitrogens with two attached hydrogens (primary N) is 1. The van der Waals surface area contributed by atoms with Crippen LogP contribution < -0.4 is 11.1 Å². The highest BCUT2D eigenvalue weighted by Gasteiger charge is 2.08. The summed E-state index contributed by atoms with van der Waals surface area (Å²) in [6.07, 6.45) is 2.09. The Bertz CT molecular complexity index is 531. The van der Waals surface area contributed by atoms with Crippen LogP contribution in [0.4, 0.5) is 11.9 Å². The zero-order valence-electron chi connectivity index (χ0n) is 11.5. The highest BCUT2D eigenvalue weighted by Crippen LogP contribution is 2.18. The molecule has 0 aliphatic heterocycles. The van der Waals surface area contributed by atoms with Crippen LogP contribution in [0.3, 0.4) is 0 Å². The van der Waals surface area contributed by atoms with Gasteiger partial charge in [0.15, 0.2) is 0 Å². The molecule has 2 heterocycles. The van der Waals surface area contributed by atoms with Gasteiger partial charge in [-0.1, -0.05) is 0 Å². The zero-order chi connectivity index (χ0) is 13.8. The van der Waals surface area contributed by atoms with Crippen molar-refractivity contribution in [2.24, 2.45) is 0 Å². The standard InChI is InChI=1S/C13H19N5S/c1-8(4-5-11-6-7-19-9(11)2)15-13-17-10(3)16-12(14)18-13/h6-8H,4-5H2,1-3H3,(H3,14,15,16,17,18). The molecule has 1 unspecified atom stereocenters. The first kappa shape index (κ1) is 13.7. The Morgan fingerprint density at radius 2 is 2.11 bits per heavy atom. The Morgan fingerprint density at radius 1 is 1.32 bits per heavy atom. The molecule has 102 valence electrons. The molecule has 0 saturated carbocycles. The number of rotatable bonds is 5. The molecule has 1 atom stereocenters. The maximum absolute atomic E-state index is 5.61. The van der Waals surface area contributed by atoms with Crippen molar-refractivity contribution in [1.29, 1.82) is 0 Å². The summed E-state index contributed by atoms with van der Waals surface area (Å²) >= 11 is 1.79. The summed E-state index contributed by atoms with van der Waals surface area (Å²) in [5.74, 6) is 1.45. The minimum Gasteiger partial charge on any atom is -0.368 e. The van der Waals surface area contributed by atoms with Crippen molar-refractivity contribution in [2.75, 3.05) is 11.1 Å². The van der Waals surface area contributed by atoms with Gasteiger partial charge in [-0.25, -0.2) is 0 Å². The molecule has 3 N–H and O–H groups in total. The molecule has 6 heteroatoms. The van der Waals surface area contributed by atoms with E-state index in [4.69, 9.17) is 5.73 Å². The van der Waals surface area contributed by atoms with Crippen LogP contribution >= 0.6 is 11.3 Å². The minimum absolute atomic E-state index is 0.260. The number of nitrogens with zero attached hydrogens (tertiary/aromatic N) is 3. The molecule has 2 aromatic rings. The van der Waals surface area contributed by atoms with Gasteiger partial charge in [-0.3, -0.25) is 0 Å². The first-order chi connectivity index (χ1) is 9.04. The van der Waals surface area contributed by atoms with Gasteiger partial charge in [0.1, 0.15) is 5.82 Å². The largest absolute Gasteiger partial charge is 0.368 e. The van der Waals surface area contributed by atoms with Gasteiger partial charge in [-0.2, -0.15) is 15.0 Å². The Labute approximate surface area is 117 Å². The van der Waals surface area contributed by atoms with E-state index in [0.717, 1.165) is 12.8 Å². The minimum atomic E-state index is 0.260. The van der Waals surface area contributed by atoms with Crippen molar-refractivity contribution >= 4 is 23.2 Å². The summed E-state index contributed by atoms with van der Waals surface area (Å²) in [4.78, 5) is 13.7. The van der Waals surface area contributed by atoms with E-state index in [2.05, 4.69) is 45.6 Å². The third-order valence-corrected chi connectivity index (χ3v) is 3.84. The van der Waals surface area contributed by atoms with Crippen LogP contribution in [0, 0.1) is 13.8 Å². The maximum atomic E-state index is 5.61. The van der Waals surface area contributed by atoms with E-state index >= 15 is 0 Å². The average molecular weight is 277 g/mol. The summed E-state index contributed by atoms with van der Waals surface area (Å²) in [6.45, 7) is 6.09. The van der Waals surface area contributed by atoms with E-state index in [9.17, 15) is 0 Å². The predicted octanol–water partition coefficient (Wildman–Crippen LogP) is 2.57. The second-order valence-electron chi connectivity index (χ2n) is 4.65. The first-order valence-corrected chi connectivity index (χ1v) is 7.20. The second kappa shape index (κ2) is 5.97. The topological polar surface area (TPSA) is 76.7 Å². The Morgan fingerprint density at radius 3 is 2.74 bits per heavy atom. The lowest BCUT2D eigenvalue weighted by Crippen LogP contribution is -2.19. The SMILES string of the molecule is Cc1nc(N)nc(NC(C)CCc2ccsc2C)n1. The summed E-state index contributed by atoms with van der Waals surface area (Å²) in [6, 6.07) is 2.48. The number of aromatic nitrogens is 3. The van der Waals surface area contributed by atoms with E-state index in [-0.39, 0.29) is 5.95 Å². The third-order valence-electron chi connectivity index (χ3n) is 2.95. The van der Waals surface area contributed by atoms with Crippen LogP contribution in [0.25, 0.3) is 0 Å². The van der Waals surface area contributed by atoms with Crippen LogP contribution in [-0.2, 0) is 6.42 Å². The van der Waals surface area contributed by atoms with Gasteiger partial charge < -0.3 is 11.1 Å². The smallest absolute Gasteiger partial charge is 0.227 e. The van der Waals surface area contributed by atoms with Crippen molar-refractivity contribution in [1.82, 2.24) is 15.0 Å². The van der Waals surface area contributed by atoms with Gasteiger partial charge in [0.2, 0.25) is 11.9 Å². The summed E-state index contributed by atoms with van der Waals surface area (Å²) < 4.78 is 0. The fourth-order valence-electron chi connectivity index (χ4n) is 1.90. The van der Waals surface area contributed by atoms with Gasteiger partial charge in [-0.15, -0.1) is 11.3 Å². The number of hydrogen-bond donors (Lipinski definition) is 2. The Hall–Kier alpha value is -1.69. The van der Waals surface area contributed by atoms with E-state index in [0.29, 0.717) is 17.8 Å². The highest BCUT2D eigenvalue weighted by atomic mass is 32.1. The van der Waals surface area contributed by atoms with Crippen LogP contribution in [0.2, 0.25) is 0 Å². The molecule has 19 heavy (non-hydrogen) atoms. The van der Waals surface area contributed by atoms with Gasteiger partial charge in [0.05, 0.1) is 0 Å². The molecule has 0 aliphatic carbocycles. The fourth-order valence-corrected chi connectivity index (χ4v) is 2.66. The Kier molecular flexibility index (Phi) is 4.31. The normalized spacial score (nSPS) is 12.4. The van der Waals surface area contributed by atoms with Crippen molar-refractivity contribution < 1.29 is 0 Å². The van der Waals surface area contributed by atoms with Gasteiger partial charge in [-0.05, 0) is 50.6 Å². The molecular weight excluding hydrogens is 258 g/mol. The molecule has 0 amide bonds. The summed E-state index contributed by atoms with van der Waals surface area (Å²) in [5, 5.41) is 5.40. The average Bonchev–Trinajstić information content (AvgIpc) is 2.71. The number of hydrogen-bond acceptors (Lipinski definition) is 6. The maximum Gasteiger partial charge on any atom is 0.227 e. The van der Waals surface area contributed by atoms with Crippen LogP contribution in [0.1, 0.15) is 29.6 Å². The molecule has 0 fully saturated rings. The molecule has 0 radical (unpaired) electrons. The first-order valence-electron chi connectivity index (χ1n) is 6.32. The summed E-state index contributed by atoms with van der Waals surface area (Å²) in [7, 11) is 0. The molecule has 2 aromatic heterocycles. The molecular formula is C13H19N5S. The lowest BCUT2D eigenvalue weighted by Gasteiger charge is -2.13. The number of anilines is 2. The van der Waals surface area contributed by atoms with Gasteiger partial charge >= 0.3 is 0 Å². The van der Waals surface area contributed by atoms with E-state index in [1.165, 1.54) is 10.4 Å². The van der Waals surface area contributed by atoms with Gasteiger partial charge in [0, 0.05) is 10.9 Å². The zero-order valence-corrected chi connectivity index (χ0v) is 12.3. The fraction of sp³-hybridized carbons (Fsp3) is 0.462. The molecule has 0 bridgehead atoms. The van der Waals surface area contributed by atoms with E-state index in [1.54, 1.807) is 11.3 Å². The van der Waals surface area contributed by atoms with Crippen molar-refractivity contribution in [3.05, 3.63) is 27.7 Å². The Balaban J connectivity index is 1.90. The van der Waals surface area contributed by atoms with Gasteiger partial charge in [0.25, 0.3) is 0 Å². The summed E-state index contributed by atoms with van der Waals surface area (Å²) in [5.41, 5.74) is 7.03. The molecule has 2 rings (SSSR count). The lowest BCUT2D eigenvalue weighted by molar-refractivity contribution is 0.696. The molecule has 0 saturated heterocycles. The number of aryl methyl sites for hydroxylation is 3.